The molecule has 3 aromatic carbocycles. The predicted octanol–water partition coefficient (Wildman–Crippen LogP) is 6.73. The minimum Gasteiger partial charge on any atom is -0.341 e. The van der Waals surface area contributed by atoms with Crippen LogP contribution in [0.1, 0.15) is 40.0 Å². The Kier molecular flexibility index (Phi) is 5.31. The predicted molar refractivity (Wildman–Crippen MR) is 132 cm³/mol. The highest BCUT2D eigenvalue weighted by atomic mass is 16.6. The van der Waals surface area contributed by atoms with E-state index in [0.717, 1.165) is 39.2 Å². The van der Waals surface area contributed by atoms with Gasteiger partial charge in [-0.1, -0.05) is 78.9 Å². The first-order valence-electron chi connectivity index (χ1n) is 11.1. The summed E-state index contributed by atoms with van der Waals surface area (Å²) >= 11 is 0. The lowest BCUT2D eigenvalue weighted by molar-refractivity contribution is -0.531. The smallest absolute Gasteiger partial charge is 0.249 e. The van der Waals surface area contributed by atoms with Gasteiger partial charge in [-0.3, -0.25) is 10.1 Å². The number of aromatic nitrogens is 2. The Morgan fingerprint density at radius 2 is 1.30 bits per heavy atom. The van der Waals surface area contributed by atoms with Crippen molar-refractivity contribution < 1.29 is 4.92 Å². The number of nitrogens with zero attached hydrogens (tertiary/aromatic N) is 2. The molecule has 0 spiro atoms. The second-order valence-electron chi connectivity index (χ2n) is 8.41. The van der Waals surface area contributed by atoms with Crippen LogP contribution in [0.2, 0.25) is 0 Å². The van der Waals surface area contributed by atoms with Gasteiger partial charge in [0.25, 0.3) is 0 Å². The molecule has 0 fully saturated rings. The molecular weight excluding hydrogens is 410 g/mol. The Morgan fingerprint density at radius 3 is 1.91 bits per heavy atom. The van der Waals surface area contributed by atoms with Crippen LogP contribution in [0.4, 0.5) is 0 Å². The summed E-state index contributed by atoms with van der Waals surface area (Å²) in [5.41, 5.74) is 5.65. The first-order valence-corrected chi connectivity index (χ1v) is 11.1. The van der Waals surface area contributed by atoms with Crippen LogP contribution in [0.15, 0.2) is 97.1 Å². The molecule has 5 aromatic rings. The first kappa shape index (κ1) is 20.8. The van der Waals surface area contributed by atoms with Crippen molar-refractivity contribution in [2.24, 2.45) is 0 Å². The lowest BCUT2D eigenvalue weighted by Crippen LogP contribution is -2.22. The molecule has 0 saturated heterocycles. The summed E-state index contributed by atoms with van der Waals surface area (Å²) in [5, 5.41) is 13.7. The van der Waals surface area contributed by atoms with Crippen molar-refractivity contribution in [1.82, 2.24) is 9.55 Å². The molecule has 5 rings (SSSR count). The summed E-state index contributed by atoms with van der Waals surface area (Å²) in [7, 11) is 0. The Hall–Kier alpha value is -4.12. The number of hydrogen-bond acceptors (Lipinski definition) is 2. The van der Waals surface area contributed by atoms with E-state index in [-0.39, 0.29) is 4.92 Å². The van der Waals surface area contributed by atoms with Crippen LogP contribution in [-0.4, -0.2) is 14.5 Å². The van der Waals surface area contributed by atoms with Gasteiger partial charge in [-0.25, -0.2) is 0 Å². The summed E-state index contributed by atoms with van der Waals surface area (Å²) in [4.78, 5) is 16.1. The average Bonchev–Trinajstić information content (AvgIpc) is 3.37. The van der Waals surface area contributed by atoms with Gasteiger partial charge in [-0.05, 0) is 37.6 Å². The Morgan fingerprint density at radius 1 is 0.758 bits per heavy atom. The van der Waals surface area contributed by atoms with Gasteiger partial charge >= 0.3 is 0 Å². The van der Waals surface area contributed by atoms with Crippen molar-refractivity contribution in [3.63, 3.8) is 0 Å². The Balaban J connectivity index is 1.87. The molecule has 0 bridgehead atoms. The standard InChI is InChI=1S/C28H25N3O2/c1-19-17-18-20(2)30(19)28-26(23-15-9-10-16-24(23)29-28)25(21-11-5-3-6-12-21)27(31(32)33)22-13-7-4-8-14-22/h3-18,25,27,29H,1-2H3/t25-,27?/m0/s1. The van der Waals surface area contributed by atoms with E-state index in [1.807, 2.05) is 78.9 Å². The Labute approximate surface area is 192 Å². The minimum absolute atomic E-state index is 0.145. The molecule has 2 heterocycles. The monoisotopic (exact) mass is 435 g/mol. The minimum atomic E-state index is -0.942. The van der Waals surface area contributed by atoms with Crippen molar-refractivity contribution in [1.29, 1.82) is 0 Å². The van der Waals surface area contributed by atoms with Gasteiger partial charge in [0.05, 0.1) is 5.92 Å². The van der Waals surface area contributed by atoms with E-state index in [0.29, 0.717) is 5.56 Å². The lowest BCUT2D eigenvalue weighted by atomic mass is 9.81. The molecule has 1 N–H and O–H groups in total. The molecule has 0 aliphatic heterocycles. The molecular formula is C28H25N3O2. The zero-order chi connectivity index (χ0) is 22.9. The summed E-state index contributed by atoms with van der Waals surface area (Å²) in [5.74, 6) is 0.392. The quantitative estimate of drug-likeness (QED) is 0.237. The van der Waals surface area contributed by atoms with Gasteiger partial charge < -0.3 is 9.55 Å². The van der Waals surface area contributed by atoms with Crippen LogP contribution in [0, 0.1) is 24.0 Å². The zero-order valence-electron chi connectivity index (χ0n) is 18.6. The molecule has 1 unspecified atom stereocenters. The maximum absolute atomic E-state index is 12.7. The summed E-state index contributed by atoms with van der Waals surface area (Å²) in [6, 6.07) is 30.4. The van der Waals surface area contributed by atoms with Crippen molar-refractivity contribution in [3.05, 3.63) is 135 Å². The number of para-hydroxylation sites is 1. The van der Waals surface area contributed by atoms with Gasteiger partial charge in [0.15, 0.2) is 0 Å². The van der Waals surface area contributed by atoms with E-state index < -0.39 is 12.0 Å². The zero-order valence-corrected chi connectivity index (χ0v) is 18.6. The molecule has 5 heteroatoms. The number of aryl methyl sites for hydroxylation is 2. The van der Waals surface area contributed by atoms with Crippen LogP contribution in [0.25, 0.3) is 16.7 Å². The molecule has 5 nitrogen and oxygen atoms in total. The number of benzene rings is 3. The highest BCUT2D eigenvalue weighted by molar-refractivity contribution is 5.88. The molecule has 33 heavy (non-hydrogen) atoms. The maximum atomic E-state index is 12.7. The lowest BCUT2D eigenvalue weighted by Gasteiger charge is -2.24. The maximum Gasteiger partial charge on any atom is 0.249 e. The van der Waals surface area contributed by atoms with Crippen molar-refractivity contribution in [2.75, 3.05) is 0 Å². The molecule has 0 saturated carbocycles. The summed E-state index contributed by atoms with van der Waals surface area (Å²) in [6.07, 6.45) is 0. The Bertz CT molecular complexity index is 1400. The van der Waals surface area contributed by atoms with E-state index in [2.05, 4.69) is 41.6 Å². The summed E-state index contributed by atoms with van der Waals surface area (Å²) < 4.78 is 2.16. The number of rotatable bonds is 6. The van der Waals surface area contributed by atoms with Gasteiger partial charge in [0, 0.05) is 38.3 Å². The largest absolute Gasteiger partial charge is 0.341 e. The third-order valence-electron chi connectivity index (χ3n) is 6.37. The number of H-pyrrole nitrogens is 1. The van der Waals surface area contributed by atoms with Gasteiger partial charge in [0.2, 0.25) is 6.04 Å². The van der Waals surface area contributed by atoms with E-state index in [1.54, 1.807) is 0 Å². The van der Waals surface area contributed by atoms with E-state index >= 15 is 0 Å². The van der Waals surface area contributed by atoms with E-state index in [4.69, 9.17) is 0 Å². The summed E-state index contributed by atoms with van der Waals surface area (Å²) in [6.45, 7) is 4.12. The van der Waals surface area contributed by atoms with E-state index in [1.165, 1.54) is 0 Å². The van der Waals surface area contributed by atoms with Crippen LogP contribution in [-0.2, 0) is 0 Å². The normalized spacial score (nSPS) is 13.2. The van der Waals surface area contributed by atoms with Gasteiger partial charge in [-0.2, -0.15) is 0 Å². The third-order valence-corrected chi connectivity index (χ3v) is 6.37. The average molecular weight is 436 g/mol. The third kappa shape index (κ3) is 3.61. The van der Waals surface area contributed by atoms with Gasteiger partial charge in [-0.15, -0.1) is 0 Å². The second-order valence-corrected chi connectivity index (χ2v) is 8.41. The fourth-order valence-electron chi connectivity index (χ4n) is 4.92. The van der Waals surface area contributed by atoms with Crippen molar-refractivity contribution >= 4 is 10.9 Å². The molecule has 0 aliphatic rings. The molecule has 0 aliphatic carbocycles. The second kappa shape index (κ2) is 8.43. The number of aromatic amines is 1. The topological polar surface area (TPSA) is 63.9 Å². The number of hydrogen-bond donors (Lipinski definition) is 1. The number of fused-ring (bicyclic) bond motifs is 1. The highest BCUT2D eigenvalue weighted by Crippen LogP contribution is 2.44. The van der Waals surface area contributed by atoms with Crippen molar-refractivity contribution in [2.45, 2.75) is 25.8 Å². The SMILES string of the molecule is Cc1ccc(C)n1-c1[nH]c2ccccc2c1[C@H](c1ccccc1)C(c1ccccc1)[N+](=O)[O-]. The molecule has 2 atom stereocenters. The number of nitro groups is 1. The van der Waals surface area contributed by atoms with Crippen LogP contribution in [0.3, 0.4) is 0 Å². The molecule has 164 valence electrons. The number of nitrogens with one attached hydrogen (secondary N) is 1. The molecule has 0 amide bonds. The van der Waals surface area contributed by atoms with E-state index in [9.17, 15) is 10.1 Å². The molecule has 2 aromatic heterocycles. The van der Waals surface area contributed by atoms with Gasteiger partial charge in [0.1, 0.15) is 5.82 Å². The van der Waals surface area contributed by atoms with Crippen molar-refractivity contribution in [3.8, 4) is 5.82 Å². The molecule has 0 radical (unpaired) electrons. The fourth-order valence-corrected chi connectivity index (χ4v) is 4.92. The fraction of sp³-hybridized carbons (Fsp3) is 0.143. The first-order chi connectivity index (χ1) is 16.1. The highest BCUT2D eigenvalue weighted by Gasteiger charge is 2.39. The van der Waals surface area contributed by atoms with Crippen LogP contribution >= 0.6 is 0 Å². The van der Waals surface area contributed by atoms with Crippen LogP contribution in [0.5, 0.6) is 0 Å². The van der Waals surface area contributed by atoms with Crippen LogP contribution < -0.4 is 0 Å².